The van der Waals surface area contributed by atoms with Crippen molar-refractivity contribution in [1.29, 1.82) is 0 Å². The van der Waals surface area contributed by atoms with Crippen LogP contribution in [0.15, 0.2) is 33.9 Å². The summed E-state index contributed by atoms with van der Waals surface area (Å²) in [5.41, 5.74) is 0.566. The molecule has 1 aromatic heterocycles. The van der Waals surface area contributed by atoms with Crippen molar-refractivity contribution in [2.45, 2.75) is 39.1 Å². The Bertz CT molecular complexity index is 665. The maximum Gasteiger partial charge on any atom is 0.271 e. The minimum Gasteiger partial charge on any atom is -0.476 e. The molecule has 0 fully saturated rings. The Hall–Kier alpha value is -1.28. The number of allylic oxidation sites excluding steroid dienone is 3. The van der Waals surface area contributed by atoms with Gasteiger partial charge in [-0.15, -0.1) is 5.10 Å². The highest BCUT2D eigenvalue weighted by Gasteiger charge is 2.30. The van der Waals surface area contributed by atoms with Gasteiger partial charge >= 0.3 is 0 Å². The standard InChI is InChI=1S/C14H22BrN3O3S/c1-6-17-10-13(14(16-17)21-8-3)22(19,20)18(7-2)12(5)9-11(4)15/h9-10H,4,6-8H2,1-3,5H3/b12-9+. The van der Waals surface area contributed by atoms with Gasteiger partial charge in [-0.3, -0.25) is 8.99 Å². The SMILES string of the molecule is C=C(Br)/C=C(\C)N(CC)S(=O)(=O)c1cn(CC)nc1OCC. The van der Waals surface area contributed by atoms with Crippen LogP contribution in [0.3, 0.4) is 0 Å². The van der Waals surface area contributed by atoms with E-state index in [-0.39, 0.29) is 10.8 Å². The van der Waals surface area contributed by atoms with Gasteiger partial charge in [-0.1, -0.05) is 22.5 Å². The minimum absolute atomic E-state index is 0.0750. The molecule has 0 aromatic carbocycles. The average molecular weight is 392 g/mol. The summed E-state index contributed by atoms with van der Waals surface area (Å²) in [6, 6.07) is 0. The third-order valence-corrected chi connectivity index (χ3v) is 5.11. The smallest absolute Gasteiger partial charge is 0.271 e. The van der Waals surface area contributed by atoms with Crippen LogP contribution in [-0.2, 0) is 16.6 Å². The van der Waals surface area contributed by atoms with Gasteiger partial charge in [0.1, 0.15) is 0 Å². The van der Waals surface area contributed by atoms with Gasteiger partial charge in [-0.05, 0) is 33.8 Å². The maximum atomic E-state index is 12.9. The predicted octanol–water partition coefficient (Wildman–Crippen LogP) is 3.12. The van der Waals surface area contributed by atoms with Crippen LogP contribution in [0.5, 0.6) is 5.88 Å². The third kappa shape index (κ3) is 4.13. The molecule has 0 atom stereocenters. The summed E-state index contributed by atoms with van der Waals surface area (Å²) >= 11 is 3.22. The Morgan fingerprint density at radius 1 is 1.50 bits per heavy atom. The third-order valence-electron chi connectivity index (χ3n) is 2.92. The van der Waals surface area contributed by atoms with Crippen molar-refractivity contribution in [3.8, 4) is 5.88 Å². The first-order chi connectivity index (χ1) is 10.3. The van der Waals surface area contributed by atoms with Crippen LogP contribution in [0.2, 0.25) is 0 Å². The Labute approximate surface area is 140 Å². The molecule has 6 nitrogen and oxygen atoms in total. The van der Waals surface area contributed by atoms with E-state index in [1.807, 2.05) is 6.92 Å². The molecule has 0 aliphatic rings. The Balaban J connectivity index is 3.38. The summed E-state index contributed by atoms with van der Waals surface area (Å²) in [5.74, 6) is 0.133. The van der Waals surface area contributed by atoms with Gasteiger partial charge < -0.3 is 4.74 Å². The number of rotatable bonds is 8. The molecule has 0 radical (unpaired) electrons. The maximum absolute atomic E-state index is 12.9. The number of aryl methyl sites for hydroxylation is 1. The van der Waals surface area contributed by atoms with E-state index >= 15 is 0 Å². The van der Waals surface area contributed by atoms with Gasteiger partial charge in [-0.2, -0.15) is 0 Å². The fraction of sp³-hybridized carbons (Fsp3) is 0.500. The molecule has 0 N–H and O–H groups in total. The lowest BCUT2D eigenvalue weighted by Gasteiger charge is -2.23. The first-order valence-electron chi connectivity index (χ1n) is 7.03. The Morgan fingerprint density at radius 3 is 2.59 bits per heavy atom. The number of hydrogen-bond acceptors (Lipinski definition) is 4. The number of nitrogens with zero attached hydrogens (tertiary/aromatic N) is 3. The normalized spacial score (nSPS) is 12.3. The van der Waals surface area contributed by atoms with Crippen molar-refractivity contribution in [1.82, 2.24) is 14.1 Å². The summed E-state index contributed by atoms with van der Waals surface area (Å²) in [6.07, 6.45) is 3.16. The second-order valence-corrected chi connectivity index (χ2v) is 7.34. The van der Waals surface area contributed by atoms with E-state index in [0.29, 0.717) is 29.9 Å². The fourth-order valence-electron chi connectivity index (χ4n) is 1.99. The molecule has 0 aliphatic carbocycles. The van der Waals surface area contributed by atoms with Gasteiger partial charge in [0.05, 0.1) is 6.61 Å². The van der Waals surface area contributed by atoms with Crippen molar-refractivity contribution in [2.75, 3.05) is 13.2 Å². The van der Waals surface area contributed by atoms with Gasteiger partial charge in [0.25, 0.3) is 15.9 Å². The van der Waals surface area contributed by atoms with Crippen molar-refractivity contribution in [3.63, 3.8) is 0 Å². The highest BCUT2D eigenvalue weighted by atomic mass is 79.9. The minimum atomic E-state index is -3.74. The van der Waals surface area contributed by atoms with Gasteiger partial charge in [0.2, 0.25) is 0 Å². The number of ether oxygens (including phenoxy) is 1. The van der Waals surface area contributed by atoms with Crippen LogP contribution in [0, 0.1) is 0 Å². The number of halogens is 1. The first-order valence-corrected chi connectivity index (χ1v) is 9.26. The molecule has 0 bridgehead atoms. The summed E-state index contributed by atoms with van der Waals surface area (Å²) in [5, 5.41) is 4.16. The highest BCUT2D eigenvalue weighted by Crippen LogP contribution is 2.28. The van der Waals surface area contributed by atoms with Crippen LogP contribution < -0.4 is 4.74 Å². The second kappa shape index (κ2) is 7.82. The molecule has 1 heterocycles. The summed E-state index contributed by atoms with van der Waals surface area (Å²) in [7, 11) is -3.74. The number of hydrogen-bond donors (Lipinski definition) is 0. The Morgan fingerprint density at radius 2 is 2.14 bits per heavy atom. The zero-order chi connectivity index (χ0) is 16.9. The topological polar surface area (TPSA) is 64.4 Å². The van der Waals surface area contributed by atoms with E-state index in [4.69, 9.17) is 4.74 Å². The molecule has 0 saturated carbocycles. The average Bonchev–Trinajstić information content (AvgIpc) is 2.82. The summed E-state index contributed by atoms with van der Waals surface area (Å²) < 4.78 is 34.7. The molecule has 124 valence electrons. The van der Waals surface area contributed by atoms with Crippen LogP contribution in [0.4, 0.5) is 0 Å². The van der Waals surface area contributed by atoms with Gasteiger partial charge in [0.15, 0.2) is 4.90 Å². The molecule has 0 amide bonds. The quantitative estimate of drug-likeness (QED) is 0.638. The van der Waals surface area contributed by atoms with Crippen LogP contribution >= 0.6 is 15.9 Å². The predicted molar refractivity (Wildman–Crippen MR) is 90.5 cm³/mol. The van der Waals surface area contributed by atoms with Crippen molar-refractivity contribution in [2.24, 2.45) is 0 Å². The second-order valence-electron chi connectivity index (χ2n) is 4.49. The van der Waals surface area contributed by atoms with E-state index in [9.17, 15) is 8.42 Å². The summed E-state index contributed by atoms with van der Waals surface area (Å²) in [6.45, 7) is 12.1. The van der Waals surface area contributed by atoms with E-state index in [0.717, 1.165) is 0 Å². The van der Waals surface area contributed by atoms with Gasteiger partial charge in [0, 0.05) is 29.5 Å². The van der Waals surface area contributed by atoms with Crippen molar-refractivity contribution < 1.29 is 13.2 Å². The van der Waals surface area contributed by atoms with E-state index in [2.05, 4.69) is 27.6 Å². The van der Waals surface area contributed by atoms with Crippen LogP contribution in [0.25, 0.3) is 0 Å². The molecule has 8 heteroatoms. The van der Waals surface area contributed by atoms with E-state index < -0.39 is 10.0 Å². The zero-order valence-corrected chi connectivity index (χ0v) is 15.7. The van der Waals surface area contributed by atoms with E-state index in [1.54, 1.807) is 31.5 Å². The van der Waals surface area contributed by atoms with Crippen molar-refractivity contribution >= 4 is 26.0 Å². The number of aromatic nitrogens is 2. The molecule has 0 spiro atoms. The molecular weight excluding hydrogens is 370 g/mol. The lowest BCUT2D eigenvalue weighted by Crippen LogP contribution is -2.29. The monoisotopic (exact) mass is 391 g/mol. The number of sulfonamides is 1. The molecule has 0 saturated heterocycles. The van der Waals surface area contributed by atoms with Crippen molar-refractivity contribution in [3.05, 3.63) is 29.0 Å². The lowest BCUT2D eigenvalue weighted by atomic mass is 10.4. The lowest BCUT2D eigenvalue weighted by molar-refractivity contribution is 0.313. The highest BCUT2D eigenvalue weighted by molar-refractivity contribution is 9.11. The van der Waals surface area contributed by atoms with E-state index in [1.165, 1.54) is 10.5 Å². The molecule has 1 aromatic rings. The molecule has 22 heavy (non-hydrogen) atoms. The zero-order valence-electron chi connectivity index (χ0n) is 13.3. The first kappa shape index (κ1) is 18.8. The van der Waals surface area contributed by atoms with Crippen LogP contribution in [0.1, 0.15) is 27.7 Å². The van der Waals surface area contributed by atoms with Gasteiger partial charge in [-0.25, -0.2) is 8.42 Å². The fourth-order valence-corrected chi connectivity index (χ4v) is 3.90. The molecule has 0 unspecified atom stereocenters. The molecule has 0 aliphatic heterocycles. The molecular formula is C14H22BrN3O3S. The molecule has 1 rings (SSSR count). The largest absolute Gasteiger partial charge is 0.476 e. The Kier molecular flexibility index (Phi) is 6.67. The van der Waals surface area contributed by atoms with Crippen LogP contribution in [-0.4, -0.2) is 35.7 Å². The summed E-state index contributed by atoms with van der Waals surface area (Å²) in [4.78, 5) is 0.0750.